The van der Waals surface area contributed by atoms with E-state index in [9.17, 15) is 24.4 Å². The zero-order valence-electron chi connectivity index (χ0n) is 22.1. The molecule has 0 heterocycles. The smallest absolute Gasteiger partial charge is 0.356 e. The number of allylic oxidation sites excluding steroid dienone is 4. The summed E-state index contributed by atoms with van der Waals surface area (Å²) < 4.78 is 30.7. The SMILES string of the molecule is CCOP(=O)(CO[C@H]1C[C@@]2(C)[C@@H](CC[C@]2(O)C(=O)CO)[C@@H]2CC(C)=C3CC(=O)C=C[C@]3(C)[C@H]21)OCC. The van der Waals surface area contributed by atoms with Crippen LogP contribution in [0.3, 0.4) is 0 Å². The lowest BCUT2D eigenvalue weighted by Crippen LogP contribution is -2.62. The summed E-state index contributed by atoms with van der Waals surface area (Å²) in [5.41, 5.74) is -0.610. The van der Waals surface area contributed by atoms with Crippen molar-refractivity contribution in [2.75, 3.05) is 26.2 Å². The standard InChI is InChI=1S/C27H41O8P/c1-6-34-36(32,35-7-2)16-33-22-14-26(5)20(9-11-27(26,31)23(30)15-28)19-12-17(3)21-13-18(29)8-10-25(21,4)24(19)22/h8,10,19-20,22,24,28,31H,6-7,9,11-16H2,1-5H3/t19-,20-,22-,24+,25-,26-,27-/m0/s1. The summed E-state index contributed by atoms with van der Waals surface area (Å²) in [5.74, 6) is -0.398. The summed E-state index contributed by atoms with van der Waals surface area (Å²) >= 11 is 0. The minimum absolute atomic E-state index is 0.0350. The highest BCUT2D eigenvalue weighted by Gasteiger charge is 2.68. The van der Waals surface area contributed by atoms with Gasteiger partial charge < -0.3 is 24.0 Å². The maximum Gasteiger partial charge on any atom is 0.356 e. The van der Waals surface area contributed by atoms with Crippen LogP contribution in [0.15, 0.2) is 23.3 Å². The Morgan fingerprint density at radius 2 is 1.89 bits per heavy atom. The molecule has 7 atom stereocenters. The molecule has 9 heteroatoms. The van der Waals surface area contributed by atoms with Crippen molar-refractivity contribution in [1.82, 2.24) is 0 Å². The number of hydrogen-bond donors (Lipinski definition) is 2. The van der Waals surface area contributed by atoms with Gasteiger partial charge in [-0.3, -0.25) is 14.2 Å². The van der Waals surface area contributed by atoms with Crippen LogP contribution in [0, 0.1) is 28.6 Å². The summed E-state index contributed by atoms with van der Waals surface area (Å²) in [6.45, 7) is 9.39. The zero-order chi connectivity index (χ0) is 26.5. The number of Topliss-reactive ketones (excluding diaryl/α,β-unsaturated/α-hetero) is 1. The molecule has 4 aliphatic carbocycles. The monoisotopic (exact) mass is 524 g/mol. The Hall–Kier alpha value is -1.15. The van der Waals surface area contributed by atoms with Crippen molar-refractivity contribution >= 4 is 19.2 Å². The maximum absolute atomic E-state index is 13.3. The molecule has 8 nitrogen and oxygen atoms in total. The van der Waals surface area contributed by atoms with Gasteiger partial charge in [0.15, 0.2) is 11.6 Å². The lowest BCUT2D eigenvalue weighted by atomic mass is 9.46. The highest BCUT2D eigenvalue weighted by Crippen LogP contribution is 2.68. The average Bonchev–Trinajstić information content (AvgIpc) is 3.10. The Morgan fingerprint density at radius 3 is 2.50 bits per heavy atom. The van der Waals surface area contributed by atoms with Crippen LogP contribution in [-0.4, -0.2) is 59.7 Å². The average molecular weight is 525 g/mol. The minimum atomic E-state index is -3.50. The molecule has 2 saturated carbocycles. The third-order valence-corrected chi connectivity index (χ3v) is 11.4. The van der Waals surface area contributed by atoms with Gasteiger partial charge in [-0.15, -0.1) is 0 Å². The molecule has 36 heavy (non-hydrogen) atoms. The van der Waals surface area contributed by atoms with E-state index in [1.165, 1.54) is 5.57 Å². The van der Waals surface area contributed by atoms with Crippen molar-refractivity contribution in [3.05, 3.63) is 23.3 Å². The Morgan fingerprint density at radius 1 is 1.22 bits per heavy atom. The zero-order valence-corrected chi connectivity index (χ0v) is 23.0. The molecular formula is C27H41O8P. The van der Waals surface area contributed by atoms with E-state index < -0.39 is 42.5 Å². The first-order valence-electron chi connectivity index (χ1n) is 13.2. The molecule has 0 amide bonds. The summed E-state index contributed by atoms with van der Waals surface area (Å²) in [6.07, 6.45) is 5.41. The third kappa shape index (κ3) is 4.22. The van der Waals surface area contributed by atoms with Crippen LogP contribution < -0.4 is 0 Å². The number of aliphatic hydroxyl groups is 2. The number of carbonyl (C=O) groups excluding carboxylic acids is 2. The molecule has 0 aliphatic heterocycles. The highest BCUT2D eigenvalue weighted by atomic mass is 31.2. The van der Waals surface area contributed by atoms with Crippen molar-refractivity contribution in [2.24, 2.45) is 28.6 Å². The highest BCUT2D eigenvalue weighted by molar-refractivity contribution is 7.53. The van der Waals surface area contributed by atoms with Crippen molar-refractivity contribution in [3.8, 4) is 0 Å². The van der Waals surface area contributed by atoms with Gasteiger partial charge in [-0.1, -0.05) is 31.1 Å². The predicted octanol–water partition coefficient (Wildman–Crippen LogP) is 4.20. The summed E-state index contributed by atoms with van der Waals surface area (Å²) in [5, 5.41) is 21.4. The van der Waals surface area contributed by atoms with Crippen molar-refractivity contribution in [3.63, 3.8) is 0 Å². The van der Waals surface area contributed by atoms with E-state index in [0.29, 0.717) is 25.7 Å². The van der Waals surface area contributed by atoms with Gasteiger partial charge in [0.25, 0.3) is 0 Å². The molecule has 0 radical (unpaired) electrons. The fraction of sp³-hybridized carbons (Fsp3) is 0.778. The van der Waals surface area contributed by atoms with Gasteiger partial charge in [-0.25, -0.2) is 0 Å². The van der Waals surface area contributed by atoms with Crippen molar-refractivity contribution < 1.29 is 38.2 Å². The van der Waals surface area contributed by atoms with Crippen LogP contribution in [0.4, 0.5) is 0 Å². The molecule has 0 aromatic rings. The van der Waals surface area contributed by atoms with E-state index in [0.717, 1.165) is 12.0 Å². The second-order valence-corrected chi connectivity index (χ2v) is 13.4. The summed E-state index contributed by atoms with van der Waals surface area (Å²) in [6, 6.07) is 0. The first kappa shape index (κ1) is 27.9. The number of aliphatic hydroxyl groups excluding tert-OH is 1. The molecule has 2 fully saturated rings. The molecule has 4 aliphatic rings. The Bertz CT molecular complexity index is 1010. The van der Waals surface area contributed by atoms with Gasteiger partial charge in [0.05, 0.1) is 19.3 Å². The fourth-order valence-electron chi connectivity index (χ4n) is 8.09. The van der Waals surface area contributed by atoms with E-state index in [1.54, 1.807) is 19.9 Å². The summed E-state index contributed by atoms with van der Waals surface area (Å²) in [4.78, 5) is 25.2. The fourth-order valence-corrected chi connectivity index (χ4v) is 9.47. The largest absolute Gasteiger partial charge is 0.388 e. The second kappa shape index (κ2) is 9.87. The molecule has 0 unspecified atom stereocenters. The van der Waals surface area contributed by atoms with Crippen LogP contribution in [0.5, 0.6) is 0 Å². The molecule has 0 aromatic carbocycles. The molecule has 0 aromatic heterocycles. The van der Waals surface area contributed by atoms with Crippen LogP contribution in [-0.2, 0) is 27.9 Å². The van der Waals surface area contributed by atoms with Crippen LogP contribution in [0.25, 0.3) is 0 Å². The molecule has 0 spiro atoms. The first-order valence-corrected chi connectivity index (χ1v) is 14.9. The number of hydrogen-bond acceptors (Lipinski definition) is 8. The molecule has 202 valence electrons. The number of rotatable bonds is 9. The van der Waals surface area contributed by atoms with E-state index >= 15 is 0 Å². The number of ether oxygens (including phenoxy) is 1. The number of fused-ring (bicyclic) bond motifs is 5. The van der Waals surface area contributed by atoms with Gasteiger partial charge in [0, 0.05) is 23.2 Å². The molecule has 0 bridgehead atoms. The third-order valence-electron chi connectivity index (χ3n) is 9.65. The normalized spacial score (nSPS) is 40.1. The molecule has 0 saturated heterocycles. The quantitative estimate of drug-likeness (QED) is 0.340. The molecule has 4 rings (SSSR count). The van der Waals surface area contributed by atoms with Crippen molar-refractivity contribution in [1.29, 1.82) is 0 Å². The molecular weight excluding hydrogens is 483 g/mol. The molecule has 2 N–H and O–H groups in total. The minimum Gasteiger partial charge on any atom is -0.388 e. The Kier molecular flexibility index (Phi) is 7.64. The summed E-state index contributed by atoms with van der Waals surface area (Å²) in [7, 11) is -3.50. The van der Waals surface area contributed by atoms with E-state index in [4.69, 9.17) is 13.8 Å². The van der Waals surface area contributed by atoms with Crippen LogP contribution in [0.1, 0.15) is 66.7 Å². The van der Waals surface area contributed by atoms with Gasteiger partial charge >= 0.3 is 7.60 Å². The predicted molar refractivity (Wildman–Crippen MR) is 134 cm³/mol. The van der Waals surface area contributed by atoms with Crippen LogP contribution >= 0.6 is 7.60 Å². The first-order chi connectivity index (χ1) is 16.9. The Labute approximate surface area is 214 Å². The van der Waals surface area contributed by atoms with Gasteiger partial charge in [0.2, 0.25) is 0 Å². The van der Waals surface area contributed by atoms with Gasteiger partial charge in [0.1, 0.15) is 18.6 Å². The van der Waals surface area contributed by atoms with Crippen molar-refractivity contribution in [2.45, 2.75) is 78.4 Å². The topological polar surface area (TPSA) is 119 Å². The van der Waals surface area contributed by atoms with Gasteiger partial charge in [-0.05, 0) is 64.4 Å². The van der Waals surface area contributed by atoms with Gasteiger partial charge in [-0.2, -0.15) is 0 Å². The van der Waals surface area contributed by atoms with E-state index in [1.807, 2.05) is 13.0 Å². The number of ketones is 2. The maximum atomic E-state index is 13.3. The van der Waals surface area contributed by atoms with Crippen LogP contribution in [0.2, 0.25) is 0 Å². The lowest BCUT2D eigenvalue weighted by Gasteiger charge is -2.60. The second-order valence-electron chi connectivity index (χ2n) is 11.4. The Balaban J connectivity index is 1.79. The van der Waals surface area contributed by atoms with E-state index in [-0.39, 0.29) is 43.1 Å². The van der Waals surface area contributed by atoms with E-state index in [2.05, 4.69) is 13.8 Å². The number of carbonyl (C=O) groups is 2. The lowest BCUT2D eigenvalue weighted by molar-refractivity contribution is -0.182.